The van der Waals surface area contributed by atoms with E-state index in [0.29, 0.717) is 0 Å². The van der Waals surface area contributed by atoms with Crippen LogP contribution >= 0.6 is 7.82 Å². The second-order valence-corrected chi connectivity index (χ2v) is 2.76. The average molecular weight is 293 g/mol. The average Bonchev–Trinajstić information content (AvgIpc) is 1.64. The summed E-state index contributed by atoms with van der Waals surface area (Å²) in [5, 5.41) is 0. The Balaban J connectivity index is 0. The molecule has 0 aromatic rings. The van der Waals surface area contributed by atoms with Crippen LogP contribution < -0.4 is 0 Å². The van der Waals surface area contributed by atoms with Crippen LogP contribution in [0.3, 0.4) is 0 Å². The molecule has 0 saturated heterocycles. The summed E-state index contributed by atoms with van der Waals surface area (Å²) in [6.45, 7) is 3.63. The summed E-state index contributed by atoms with van der Waals surface area (Å²) in [6, 6.07) is 0. The molecule has 0 spiro atoms. The van der Waals surface area contributed by atoms with E-state index in [-0.39, 0.29) is 48.8 Å². The van der Waals surface area contributed by atoms with Crippen LogP contribution in [0, 0.1) is 35.6 Å². The Morgan fingerprint density at radius 1 is 1.30 bits per heavy atom. The first kappa shape index (κ1) is 13.9. The maximum Gasteiger partial charge on any atom is 0.472 e. The minimum Gasteiger partial charge on any atom is -0.302 e. The summed E-state index contributed by atoms with van der Waals surface area (Å²) in [5.74, 6) is 0. The molecule has 0 aliphatic rings. The van der Waals surface area contributed by atoms with E-state index >= 15 is 0 Å². The first-order valence-electron chi connectivity index (χ1n) is 2.74. The quantitative estimate of drug-likeness (QED) is 0.790. The van der Waals surface area contributed by atoms with Crippen molar-refractivity contribution in [2.75, 3.05) is 13.2 Å². The molecule has 0 heterocycles. The number of rotatable bonds is 4. The van der Waals surface area contributed by atoms with Gasteiger partial charge < -0.3 is 4.89 Å². The Morgan fingerprint density at radius 2 is 1.60 bits per heavy atom. The molecular formula is C4H11LaO4P. The molecule has 0 saturated carbocycles. The first-order valence-corrected chi connectivity index (χ1v) is 4.23. The second-order valence-electron chi connectivity index (χ2n) is 1.30. The van der Waals surface area contributed by atoms with E-state index < -0.39 is 7.82 Å². The molecule has 0 aromatic carbocycles. The maximum atomic E-state index is 10.5. The smallest absolute Gasteiger partial charge is 0.302 e. The van der Waals surface area contributed by atoms with Gasteiger partial charge in [-0.2, -0.15) is 0 Å². The molecule has 0 fully saturated rings. The topological polar surface area (TPSA) is 55.8 Å². The van der Waals surface area contributed by atoms with Crippen molar-refractivity contribution >= 4 is 7.82 Å². The van der Waals surface area contributed by atoms with E-state index in [1.54, 1.807) is 13.8 Å². The molecule has 4 nitrogen and oxygen atoms in total. The van der Waals surface area contributed by atoms with Crippen LogP contribution in [0.4, 0.5) is 0 Å². The predicted molar refractivity (Wildman–Crippen MR) is 33.1 cm³/mol. The van der Waals surface area contributed by atoms with Gasteiger partial charge in [-0.1, -0.05) is 0 Å². The van der Waals surface area contributed by atoms with Crippen molar-refractivity contribution in [2.45, 2.75) is 13.8 Å². The Labute approximate surface area is 88.5 Å². The molecule has 0 amide bonds. The van der Waals surface area contributed by atoms with Crippen LogP contribution in [-0.4, -0.2) is 18.1 Å². The van der Waals surface area contributed by atoms with Gasteiger partial charge >= 0.3 is 7.82 Å². The zero-order valence-electron chi connectivity index (χ0n) is 6.11. The minimum atomic E-state index is -3.69. The van der Waals surface area contributed by atoms with Crippen LogP contribution in [0.2, 0.25) is 0 Å². The van der Waals surface area contributed by atoms with E-state index in [2.05, 4.69) is 9.05 Å². The molecule has 59 valence electrons. The van der Waals surface area contributed by atoms with Crippen molar-refractivity contribution in [3.05, 3.63) is 0 Å². The van der Waals surface area contributed by atoms with Gasteiger partial charge in [0, 0.05) is 35.6 Å². The van der Waals surface area contributed by atoms with Crippen LogP contribution in [0.5, 0.6) is 0 Å². The second kappa shape index (κ2) is 6.98. The van der Waals surface area contributed by atoms with E-state index in [0.717, 1.165) is 0 Å². The normalized spacial score (nSPS) is 10.7. The predicted octanol–water partition coefficient (Wildman–Crippen LogP) is 1.16. The summed E-state index contributed by atoms with van der Waals surface area (Å²) in [6.07, 6.45) is 0. The fraction of sp³-hybridized carbons (Fsp3) is 1.00. The van der Waals surface area contributed by atoms with E-state index in [1.165, 1.54) is 0 Å². The Morgan fingerprint density at radius 3 is 1.80 bits per heavy atom. The third kappa shape index (κ3) is 7.41. The fourth-order valence-electron chi connectivity index (χ4n) is 0.364. The van der Waals surface area contributed by atoms with Crippen molar-refractivity contribution in [3.63, 3.8) is 0 Å². The number of hydrogen-bond acceptors (Lipinski definition) is 3. The van der Waals surface area contributed by atoms with Gasteiger partial charge in [-0.25, -0.2) is 4.57 Å². The summed E-state index contributed by atoms with van der Waals surface area (Å²) in [4.78, 5) is 8.63. The maximum absolute atomic E-state index is 10.5. The van der Waals surface area contributed by atoms with Crippen molar-refractivity contribution in [1.29, 1.82) is 0 Å². The zero-order chi connectivity index (χ0) is 7.33. The Bertz CT molecular complexity index is 108. The van der Waals surface area contributed by atoms with Crippen molar-refractivity contribution in [3.8, 4) is 0 Å². The molecule has 0 aromatic heterocycles. The molecule has 0 atom stereocenters. The van der Waals surface area contributed by atoms with Gasteiger partial charge in [-0.3, -0.25) is 9.05 Å². The van der Waals surface area contributed by atoms with E-state index in [1.807, 2.05) is 0 Å². The number of phosphoric ester groups is 1. The molecule has 0 aliphatic carbocycles. The van der Waals surface area contributed by atoms with Gasteiger partial charge in [0.15, 0.2) is 0 Å². The summed E-state index contributed by atoms with van der Waals surface area (Å²) in [5.41, 5.74) is 0. The van der Waals surface area contributed by atoms with Gasteiger partial charge in [0.1, 0.15) is 0 Å². The van der Waals surface area contributed by atoms with Gasteiger partial charge in [-0.15, -0.1) is 0 Å². The van der Waals surface area contributed by atoms with Crippen molar-refractivity contribution < 1.29 is 54.1 Å². The summed E-state index contributed by atoms with van der Waals surface area (Å²) < 4.78 is 19.2. The molecule has 6 heteroatoms. The third-order valence-corrected chi connectivity index (χ3v) is 1.75. The summed E-state index contributed by atoms with van der Waals surface area (Å²) >= 11 is 0. The molecule has 1 N–H and O–H groups in total. The Hall–Kier alpha value is 1.30. The van der Waals surface area contributed by atoms with Crippen LogP contribution in [-0.2, 0) is 13.6 Å². The molecule has 0 bridgehead atoms. The van der Waals surface area contributed by atoms with Gasteiger partial charge in [0.2, 0.25) is 0 Å². The number of hydrogen-bond donors (Lipinski definition) is 1. The minimum absolute atomic E-state index is 0. The molecule has 10 heavy (non-hydrogen) atoms. The molecular weight excluding hydrogens is 282 g/mol. The SMILES string of the molecule is CCOP(=O)(O)OCC.[La]. The monoisotopic (exact) mass is 293 g/mol. The number of phosphoric acid groups is 1. The molecule has 0 aliphatic heterocycles. The Kier molecular flexibility index (Phi) is 9.68. The molecule has 0 unspecified atom stereocenters. The third-order valence-electron chi connectivity index (χ3n) is 0.584. The first-order chi connectivity index (χ1) is 4.12. The zero-order valence-corrected chi connectivity index (χ0v) is 10.6. The van der Waals surface area contributed by atoms with E-state index in [9.17, 15) is 4.57 Å². The largest absolute Gasteiger partial charge is 0.472 e. The summed E-state index contributed by atoms with van der Waals surface area (Å²) in [7, 11) is -3.69. The van der Waals surface area contributed by atoms with Gasteiger partial charge in [0.05, 0.1) is 13.2 Å². The van der Waals surface area contributed by atoms with Crippen LogP contribution in [0.25, 0.3) is 0 Å². The van der Waals surface area contributed by atoms with Gasteiger partial charge in [0.25, 0.3) is 0 Å². The standard InChI is InChI=1S/C4H11O4P.La/c1-3-7-9(5,6)8-4-2;/h3-4H2,1-2H3,(H,5,6);. The molecule has 0 rings (SSSR count). The molecule has 1 radical (unpaired) electrons. The fourth-order valence-corrected chi connectivity index (χ4v) is 1.09. The van der Waals surface area contributed by atoms with Crippen molar-refractivity contribution in [2.24, 2.45) is 0 Å². The van der Waals surface area contributed by atoms with E-state index in [4.69, 9.17) is 4.89 Å². The van der Waals surface area contributed by atoms with Gasteiger partial charge in [-0.05, 0) is 13.8 Å². The van der Waals surface area contributed by atoms with Crippen molar-refractivity contribution in [1.82, 2.24) is 0 Å². The van der Waals surface area contributed by atoms with Crippen LogP contribution in [0.15, 0.2) is 0 Å². The van der Waals surface area contributed by atoms with Crippen LogP contribution in [0.1, 0.15) is 13.8 Å².